The standard InChI is InChI=1S/C8H13N3O2/c1-11-6(4-2-3-4)5(7(9)12)10-8(11)13/h4-6H,2-3H2,1H3,(H2,9,12)(H,10,13). The summed E-state index contributed by atoms with van der Waals surface area (Å²) in [6.07, 6.45) is 2.18. The van der Waals surface area contributed by atoms with Gasteiger partial charge in [0.25, 0.3) is 0 Å². The maximum Gasteiger partial charge on any atom is 0.318 e. The van der Waals surface area contributed by atoms with E-state index in [2.05, 4.69) is 5.32 Å². The van der Waals surface area contributed by atoms with E-state index in [4.69, 9.17) is 5.73 Å². The first-order valence-electron chi connectivity index (χ1n) is 4.44. The highest BCUT2D eigenvalue weighted by atomic mass is 16.2. The molecule has 2 atom stereocenters. The number of hydrogen-bond donors (Lipinski definition) is 2. The monoisotopic (exact) mass is 183 g/mol. The van der Waals surface area contributed by atoms with Gasteiger partial charge < -0.3 is 16.0 Å². The van der Waals surface area contributed by atoms with Crippen LogP contribution in [0.2, 0.25) is 0 Å². The van der Waals surface area contributed by atoms with Crippen molar-refractivity contribution in [2.24, 2.45) is 11.7 Å². The van der Waals surface area contributed by atoms with Crippen molar-refractivity contribution in [3.63, 3.8) is 0 Å². The largest absolute Gasteiger partial charge is 0.368 e. The van der Waals surface area contributed by atoms with Crippen LogP contribution in [0.1, 0.15) is 12.8 Å². The lowest BCUT2D eigenvalue weighted by atomic mass is 10.0. The summed E-state index contributed by atoms with van der Waals surface area (Å²) in [5, 5.41) is 2.59. The third-order valence-corrected chi connectivity index (χ3v) is 2.80. The quantitative estimate of drug-likeness (QED) is 0.592. The third-order valence-electron chi connectivity index (χ3n) is 2.80. The molecule has 0 bridgehead atoms. The Hall–Kier alpha value is -1.26. The van der Waals surface area contributed by atoms with E-state index in [9.17, 15) is 9.59 Å². The third kappa shape index (κ3) is 1.24. The van der Waals surface area contributed by atoms with Crippen LogP contribution < -0.4 is 11.1 Å². The van der Waals surface area contributed by atoms with Crippen molar-refractivity contribution in [3.8, 4) is 0 Å². The molecule has 2 unspecified atom stereocenters. The van der Waals surface area contributed by atoms with Gasteiger partial charge in [-0.2, -0.15) is 0 Å². The van der Waals surface area contributed by atoms with Crippen LogP contribution >= 0.6 is 0 Å². The van der Waals surface area contributed by atoms with Crippen molar-refractivity contribution in [2.45, 2.75) is 24.9 Å². The van der Waals surface area contributed by atoms with Gasteiger partial charge in [0.05, 0.1) is 6.04 Å². The van der Waals surface area contributed by atoms with Crippen LogP contribution in [0, 0.1) is 5.92 Å². The van der Waals surface area contributed by atoms with Crippen LogP contribution in [-0.4, -0.2) is 36.0 Å². The molecule has 13 heavy (non-hydrogen) atoms. The van der Waals surface area contributed by atoms with Crippen molar-refractivity contribution in [1.82, 2.24) is 10.2 Å². The van der Waals surface area contributed by atoms with E-state index >= 15 is 0 Å². The molecule has 0 radical (unpaired) electrons. The summed E-state index contributed by atoms with van der Waals surface area (Å²) in [5.74, 6) is 0.0241. The van der Waals surface area contributed by atoms with Gasteiger partial charge >= 0.3 is 6.03 Å². The topological polar surface area (TPSA) is 75.4 Å². The van der Waals surface area contributed by atoms with Crippen LogP contribution in [0.5, 0.6) is 0 Å². The first-order chi connectivity index (χ1) is 6.11. The van der Waals surface area contributed by atoms with Gasteiger partial charge in [-0.3, -0.25) is 4.79 Å². The van der Waals surface area contributed by atoms with Gasteiger partial charge in [0, 0.05) is 7.05 Å². The number of carbonyl (C=O) groups is 2. The first-order valence-corrected chi connectivity index (χ1v) is 4.44. The van der Waals surface area contributed by atoms with Crippen molar-refractivity contribution >= 4 is 11.9 Å². The Balaban J connectivity index is 2.18. The molecule has 3 amide bonds. The molecule has 0 aromatic rings. The number of urea groups is 1. The predicted molar refractivity (Wildman–Crippen MR) is 45.8 cm³/mol. The molecule has 2 rings (SSSR count). The molecule has 72 valence electrons. The van der Waals surface area contributed by atoms with Gasteiger partial charge in [-0.05, 0) is 18.8 Å². The molecule has 1 saturated heterocycles. The number of hydrogen-bond acceptors (Lipinski definition) is 2. The Morgan fingerprint density at radius 2 is 2.23 bits per heavy atom. The molecule has 0 spiro atoms. The van der Waals surface area contributed by atoms with E-state index in [1.54, 1.807) is 11.9 Å². The maximum absolute atomic E-state index is 11.2. The van der Waals surface area contributed by atoms with E-state index in [1.165, 1.54) is 0 Å². The number of rotatable bonds is 2. The Kier molecular flexibility index (Phi) is 1.68. The molecule has 1 aliphatic carbocycles. The lowest BCUT2D eigenvalue weighted by Gasteiger charge is -2.20. The number of nitrogens with zero attached hydrogens (tertiary/aromatic N) is 1. The van der Waals surface area contributed by atoms with Gasteiger partial charge in [-0.1, -0.05) is 0 Å². The minimum atomic E-state index is -0.495. The Labute approximate surface area is 76.3 Å². The van der Waals surface area contributed by atoms with E-state index < -0.39 is 11.9 Å². The smallest absolute Gasteiger partial charge is 0.318 e. The molecular formula is C8H13N3O2. The van der Waals surface area contributed by atoms with Gasteiger partial charge in [-0.25, -0.2) is 4.79 Å². The zero-order chi connectivity index (χ0) is 9.59. The number of likely N-dealkylation sites (N-methyl/N-ethyl adjacent to an activating group) is 1. The highest BCUT2D eigenvalue weighted by Gasteiger charge is 2.48. The van der Waals surface area contributed by atoms with E-state index in [0.29, 0.717) is 5.92 Å². The second-order valence-electron chi connectivity index (χ2n) is 3.77. The lowest BCUT2D eigenvalue weighted by molar-refractivity contribution is -0.120. The average Bonchev–Trinajstić information content (AvgIpc) is 2.82. The molecule has 2 fully saturated rings. The molecule has 5 heteroatoms. The number of amides is 3. The first kappa shape index (κ1) is 8.34. The molecule has 0 aromatic heterocycles. The van der Waals surface area contributed by atoms with Crippen molar-refractivity contribution in [1.29, 1.82) is 0 Å². The molecule has 5 nitrogen and oxygen atoms in total. The number of carbonyl (C=O) groups excluding carboxylic acids is 2. The van der Waals surface area contributed by atoms with Gasteiger partial charge in [0.1, 0.15) is 6.04 Å². The Morgan fingerprint density at radius 3 is 2.69 bits per heavy atom. The minimum Gasteiger partial charge on any atom is -0.368 e. The average molecular weight is 183 g/mol. The van der Waals surface area contributed by atoms with Gasteiger partial charge in [0.15, 0.2) is 0 Å². The highest BCUT2D eigenvalue weighted by Crippen LogP contribution is 2.38. The van der Waals surface area contributed by atoms with Crippen LogP contribution in [0.4, 0.5) is 4.79 Å². The molecule has 0 aromatic carbocycles. The summed E-state index contributed by atoms with van der Waals surface area (Å²) in [7, 11) is 1.71. The van der Waals surface area contributed by atoms with Gasteiger partial charge in [-0.15, -0.1) is 0 Å². The van der Waals surface area contributed by atoms with Crippen LogP contribution in [0.15, 0.2) is 0 Å². The highest BCUT2D eigenvalue weighted by molar-refractivity contribution is 5.90. The molecule has 3 N–H and O–H groups in total. The van der Waals surface area contributed by atoms with Crippen molar-refractivity contribution < 1.29 is 9.59 Å². The molecule has 1 aliphatic heterocycles. The van der Waals surface area contributed by atoms with Crippen molar-refractivity contribution in [3.05, 3.63) is 0 Å². The van der Waals surface area contributed by atoms with E-state index in [1.807, 2.05) is 0 Å². The zero-order valence-electron chi connectivity index (χ0n) is 7.49. The van der Waals surface area contributed by atoms with Crippen molar-refractivity contribution in [2.75, 3.05) is 7.05 Å². The van der Waals surface area contributed by atoms with E-state index in [0.717, 1.165) is 12.8 Å². The summed E-state index contributed by atoms with van der Waals surface area (Å²) in [6, 6.07) is -0.712. The number of nitrogens with two attached hydrogens (primary N) is 1. The second-order valence-corrected chi connectivity index (χ2v) is 3.77. The molecule has 2 aliphatic rings. The summed E-state index contributed by atoms with van der Waals surface area (Å²) in [6.45, 7) is 0. The second kappa shape index (κ2) is 2.61. The van der Waals surface area contributed by atoms with Crippen LogP contribution in [0.3, 0.4) is 0 Å². The zero-order valence-corrected chi connectivity index (χ0v) is 7.49. The molecular weight excluding hydrogens is 170 g/mol. The lowest BCUT2D eigenvalue weighted by Crippen LogP contribution is -2.45. The SMILES string of the molecule is CN1C(=O)NC(C(N)=O)C1C1CC1. The molecule has 1 saturated carbocycles. The van der Waals surface area contributed by atoms with Crippen LogP contribution in [-0.2, 0) is 4.79 Å². The summed E-state index contributed by atoms with van der Waals surface area (Å²) >= 11 is 0. The minimum absolute atomic E-state index is 0.0231. The summed E-state index contributed by atoms with van der Waals surface area (Å²) < 4.78 is 0. The fraction of sp³-hybridized carbons (Fsp3) is 0.750. The Bertz CT molecular complexity index is 262. The fourth-order valence-corrected chi connectivity index (χ4v) is 1.94. The number of nitrogens with one attached hydrogen (secondary N) is 1. The maximum atomic E-state index is 11.2. The number of primary amides is 1. The van der Waals surface area contributed by atoms with E-state index in [-0.39, 0.29) is 12.1 Å². The van der Waals surface area contributed by atoms with Crippen LogP contribution in [0.25, 0.3) is 0 Å². The predicted octanol–water partition coefficient (Wildman–Crippen LogP) is -0.726. The summed E-state index contributed by atoms with van der Waals surface area (Å²) in [5.41, 5.74) is 5.20. The molecule has 1 heterocycles. The fourth-order valence-electron chi connectivity index (χ4n) is 1.94. The van der Waals surface area contributed by atoms with Gasteiger partial charge in [0.2, 0.25) is 5.91 Å². The Morgan fingerprint density at radius 1 is 1.62 bits per heavy atom. The summed E-state index contributed by atoms with van der Waals surface area (Å²) in [4.78, 5) is 23.8. The normalized spacial score (nSPS) is 33.3.